The summed E-state index contributed by atoms with van der Waals surface area (Å²) in [5, 5.41) is 13.9. The van der Waals surface area contributed by atoms with Crippen molar-refractivity contribution in [3.63, 3.8) is 0 Å². The summed E-state index contributed by atoms with van der Waals surface area (Å²) >= 11 is 0. The van der Waals surface area contributed by atoms with Crippen LogP contribution in [0.4, 0.5) is 0 Å². The largest absolute Gasteiger partial charge is 0.409 e. The lowest BCUT2D eigenvalue weighted by Crippen LogP contribution is -2.25. The second kappa shape index (κ2) is 7.10. The number of carbonyl (C=O) groups excluding carboxylic acids is 1. The molecule has 0 fully saturated rings. The van der Waals surface area contributed by atoms with Gasteiger partial charge in [-0.05, 0) is 18.9 Å². The first-order valence-corrected chi connectivity index (χ1v) is 5.57. The average molecular weight is 252 g/mol. The van der Waals surface area contributed by atoms with Crippen molar-refractivity contribution < 1.29 is 10.0 Å². The molecule has 0 aliphatic rings. The van der Waals surface area contributed by atoms with E-state index in [1.165, 1.54) is 18.3 Å². The van der Waals surface area contributed by atoms with Crippen molar-refractivity contribution in [3.05, 3.63) is 34.2 Å². The molecule has 1 aromatic rings. The zero-order chi connectivity index (χ0) is 13.4. The van der Waals surface area contributed by atoms with E-state index in [-0.39, 0.29) is 17.3 Å². The van der Waals surface area contributed by atoms with Crippen molar-refractivity contribution in [3.8, 4) is 0 Å². The lowest BCUT2D eigenvalue weighted by Gasteiger charge is -2.04. The van der Waals surface area contributed by atoms with Gasteiger partial charge in [-0.25, -0.2) is 0 Å². The number of hydrogen-bond donors (Lipinski definition) is 4. The molecule has 1 heterocycles. The number of hydrogen-bond acceptors (Lipinski definition) is 4. The number of oxime groups is 1. The van der Waals surface area contributed by atoms with Gasteiger partial charge in [0.1, 0.15) is 5.84 Å². The molecule has 0 radical (unpaired) electrons. The summed E-state index contributed by atoms with van der Waals surface area (Å²) in [4.78, 5) is 24.8. The number of aromatic amines is 1. The number of aromatic nitrogens is 1. The Morgan fingerprint density at radius 3 is 2.83 bits per heavy atom. The van der Waals surface area contributed by atoms with Crippen molar-refractivity contribution in [2.75, 3.05) is 6.54 Å². The minimum absolute atomic E-state index is 0.182. The third kappa shape index (κ3) is 4.69. The van der Waals surface area contributed by atoms with E-state index in [9.17, 15) is 9.59 Å². The highest BCUT2D eigenvalue weighted by molar-refractivity contribution is 5.93. The Balaban J connectivity index is 2.25. The van der Waals surface area contributed by atoms with Gasteiger partial charge in [0.25, 0.3) is 5.91 Å². The van der Waals surface area contributed by atoms with Crippen molar-refractivity contribution >= 4 is 11.7 Å². The average Bonchev–Trinajstić information content (AvgIpc) is 2.38. The summed E-state index contributed by atoms with van der Waals surface area (Å²) < 4.78 is 0. The second-order valence-electron chi connectivity index (χ2n) is 3.75. The Hall–Kier alpha value is -2.31. The van der Waals surface area contributed by atoms with Gasteiger partial charge in [-0.2, -0.15) is 0 Å². The molecule has 7 heteroatoms. The molecule has 0 saturated carbocycles. The lowest BCUT2D eigenvalue weighted by molar-refractivity contribution is 0.0952. The Labute approximate surface area is 104 Å². The highest BCUT2D eigenvalue weighted by Gasteiger charge is 2.04. The first-order valence-electron chi connectivity index (χ1n) is 5.57. The SMILES string of the molecule is N/C(CCCCNC(=O)c1ccc(=O)[nH]c1)=N/O. The molecule has 0 saturated heterocycles. The van der Waals surface area contributed by atoms with Gasteiger partial charge in [0.2, 0.25) is 5.56 Å². The fourth-order valence-corrected chi connectivity index (χ4v) is 1.34. The standard InChI is InChI=1S/C11H16N4O3/c12-9(15-18)3-1-2-6-13-11(17)8-4-5-10(16)14-7-8/h4-5,7,18H,1-3,6H2,(H2,12,15)(H,13,17)(H,14,16). The highest BCUT2D eigenvalue weighted by atomic mass is 16.4. The molecule has 1 amide bonds. The molecular formula is C11H16N4O3. The van der Waals surface area contributed by atoms with Crippen LogP contribution in [0.25, 0.3) is 0 Å². The van der Waals surface area contributed by atoms with Gasteiger partial charge < -0.3 is 21.2 Å². The molecule has 0 atom stereocenters. The van der Waals surface area contributed by atoms with Gasteiger partial charge in [0.05, 0.1) is 5.56 Å². The molecule has 0 bridgehead atoms. The van der Waals surface area contributed by atoms with E-state index in [0.717, 1.165) is 12.8 Å². The normalized spacial score (nSPS) is 11.2. The second-order valence-corrected chi connectivity index (χ2v) is 3.75. The van der Waals surface area contributed by atoms with E-state index in [1.807, 2.05) is 0 Å². The minimum Gasteiger partial charge on any atom is -0.409 e. The fraction of sp³-hybridized carbons (Fsp3) is 0.364. The number of amidine groups is 1. The molecule has 1 rings (SSSR count). The number of carbonyl (C=O) groups is 1. The van der Waals surface area contributed by atoms with Crippen molar-refractivity contribution in [2.45, 2.75) is 19.3 Å². The van der Waals surface area contributed by atoms with E-state index in [4.69, 9.17) is 10.9 Å². The van der Waals surface area contributed by atoms with Crippen LogP contribution in [0, 0.1) is 0 Å². The van der Waals surface area contributed by atoms with E-state index in [0.29, 0.717) is 18.5 Å². The van der Waals surface area contributed by atoms with Gasteiger partial charge in [-0.1, -0.05) is 5.16 Å². The number of unbranched alkanes of at least 4 members (excludes halogenated alkanes) is 1. The van der Waals surface area contributed by atoms with Crippen LogP contribution in [0.2, 0.25) is 0 Å². The van der Waals surface area contributed by atoms with E-state index >= 15 is 0 Å². The maximum absolute atomic E-state index is 11.6. The summed E-state index contributed by atoms with van der Waals surface area (Å²) in [6.45, 7) is 0.497. The molecule has 5 N–H and O–H groups in total. The van der Waals surface area contributed by atoms with Crippen LogP contribution < -0.4 is 16.6 Å². The van der Waals surface area contributed by atoms with E-state index in [2.05, 4.69) is 15.5 Å². The topological polar surface area (TPSA) is 121 Å². The Kier molecular flexibility index (Phi) is 5.43. The molecule has 1 aromatic heterocycles. The van der Waals surface area contributed by atoms with Crippen molar-refractivity contribution in [1.82, 2.24) is 10.3 Å². The molecule has 0 spiro atoms. The monoisotopic (exact) mass is 252 g/mol. The van der Waals surface area contributed by atoms with Crippen LogP contribution in [0.5, 0.6) is 0 Å². The lowest BCUT2D eigenvalue weighted by atomic mass is 10.2. The molecular weight excluding hydrogens is 236 g/mol. The quantitative estimate of drug-likeness (QED) is 0.187. The summed E-state index contributed by atoms with van der Waals surface area (Å²) in [5.74, 6) is -0.0583. The molecule has 18 heavy (non-hydrogen) atoms. The Morgan fingerprint density at radius 1 is 1.44 bits per heavy atom. The maximum atomic E-state index is 11.6. The first-order chi connectivity index (χ1) is 8.63. The van der Waals surface area contributed by atoms with Crippen LogP contribution in [-0.4, -0.2) is 28.5 Å². The summed E-state index contributed by atoms with van der Waals surface area (Å²) in [7, 11) is 0. The number of nitrogens with two attached hydrogens (primary N) is 1. The number of rotatable bonds is 6. The minimum atomic E-state index is -0.245. The molecule has 0 aliphatic heterocycles. The van der Waals surface area contributed by atoms with Crippen LogP contribution in [0.3, 0.4) is 0 Å². The highest BCUT2D eigenvalue weighted by Crippen LogP contribution is 1.96. The number of nitrogens with zero attached hydrogens (tertiary/aromatic N) is 1. The summed E-state index contributed by atoms with van der Waals surface area (Å²) in [6, 6.07) is 2.76. The Morgan fingerprint density at radius 2 is 2.22 bits per heavy atom. The molecule has 0 aliphatic carbocycles. The smallest absolute Gasteiger partial charge is 0.252 e. The number of H-pyrrole nitrogens is 1. The summed E-state index contributed by atoms with van der Waals surface area (Å²) in [6.07, 6.45) is 3.31. The predicted octanol–water partition coefficient (Wildman–Crippen LogP) is 0.0214. The van der Waals surface area contributed by atoms with E-state index in [1.54, 1.807) is 0 Å². The van der Waals surface area contributed by atoms with Gasteiger partial charge in [-0.15, -0.1) is 0 Å². The molecule has 0 aromatic carbocycles. The Bertz CT molecular complexity index is 461. The van der Waals surface area contributed by atoms with E-state index < -0.39 is 0 Å². The maximum Gasteiger partial charge on any atom is 0.252 e. The number of amides is 1. The zero-order valence-corrected chi connectivity index (χ0v) is 9.85. The number of pyridine rings is 1. The third-order valence-corrected chi connectivity index (χ3v) is 2.32. The van der Waals surface area contributed by atoms with Gasteiger partial charge in [-0.3, -0.25) is 9.59 Å². The first kappa shape index (κ1) is 13.8. The molecule has 0 unspecified atom stereocenters. The van der Waals surface area contributed by atoms with Crippen LogP contribution in [0.1, 0.15) is 29.6 Å². The zero-order valence-electron chi connectivity index (χ0n) is 9.85. The van der Waals surface area contributed by atoms with Crippen molar-refractivity contribution in [2.24, 2.45) is 10.9 Å². The molecule has 7 nitrogen and oxygen atoms in total. The molecule has 98 valence electrons. The van der Waals surface area contributed by atoms with Gasteiger partial charge in [0.15, 0.2) is 0 Å². The summed E-state index contributed by atoms with van der Waals surface area (Å²) in [5.41, 5.74) is 5.46. The van der Waals surface area contributed by atoms with Crippen molar-refractivity contribution in [1.29, 1.82) is 0 Å². The number of nitrogens with one attached hydrogen (secondary N) is 2. The predicted molar refractivity (Wildman–Crippen MR) is 66.7 cm³/mol. The van der Waals surface area contributed by atoms with Crippen LogP contribution in [0.15, 0.2) is 28.3 Å². The van der Waals surface area contributed by atoms with Crippen LogP contribution in [-0.2, 0) is 0 Å². The third-order valence-electron chi connectivity index (χ3n) is 2.32. The fourth-order valence-electron chi connectivity index (χ4n) is 1.34. The van der Waals surface area contributed by atoms with Gasteiger partial charge in [0, 0.05) is 25.2 Å². The van der Waals surface area contributed by atoms with Gasteiger partial charge >= 0.3 is 0 Å². The van der Waals surface area contributed by atoms with Crippen LogP contribution >= 0.6 is 0 Å².